The standard InChI is InChI=1S/C33H40N2O3S/c1-24-15-17-28(18-16-24)23-38-20-19-34-31(29-11-7-5-8-12-29)32(30-13-9-6-10-14-30)35-39(36,37)33-26(3)21-25(2)22-27(33)4/h5-15,18,21-22,31-32,34-35H,16-17,19-20,23H2,1-4H3/t31-,32+/m0/s1. The van der Waals surface area contributed by atoms with E-state index >= 15 is 0 Å². The molecule has 6 heteroatoms. The first-order chi connectivity index (χ1) is 18.7. The van der Waals surface area contributed by atoms with Crippen molar-refractivity contribution in [3.8, 4) is 0 Å². The largest absolute Gasteiger partial charge is 0.376 e. The Bertz CT molecular complexity index is 1390. The summed E-state index contributed by atoms with van der Waals surface area (Å²) in [6.45, 7) is 9.56. The molecule has 3 aromatic carbocycles. The van der Waals surface area contributed by atoms with Crippen molar-refractivity contribution in [2.75, 3.05) is 19.8 Å². The van der Waals surface area contributed by atoms with Crippen LogP contribution in [-0.4, -0.2) is 28.2 Å². The molecule has 0 radical (unpaired) electrons. The van der Waals surface area contributed by atoms with Crippen LogP contribution < -0.4 is 10.0 Å². The Kier molecular flexibility index (Phi) is 9.92. The zero-order valence-electron chi connectivity index (χ0n) is 23.4. The molecule has 0 bridgehead atoms. The highest BCUT2D eigenvalue weighted by atomic mass is 32.2. The van der Waals surface area contributed by atoms with E-state index in [2.05, 4.69) is 29.1 Å². The van der Waals surface area contributed by atoms with Gasteiger partial charge in [-0.15, -0.1) is 0 Å². The van der Waals surface area contributed by atoms with Crippen LogP contribution in [0.2, 0.25) is 0 Å². The second-order valence-corrected chi connectivity index (χ2v) is 12.1. The van der Waals surface area contributed by atoms with E-state index in [0.717, 1.165) is 40.7 Å². The number of ether oxygens (including phenoxy) is 1. The summed E-state index contributed by atoms with van der Waals surface area (Å²) in [7, 11) is -3.83. The average molecular weight is 545 g/mol. The Balaban J connectivity index is 1.58. The van der Waals surface area contributed by atoms with Crippen LogP contribution in [0.25, 0.3) is 0 Å². The number of benzene rings is 3. The number of nitrogens with one attached hydrogen (secondary N) is 2. The van der Waals surface area contributed by atoms with Crippen LogP contribution in [0.15, 0.2) is 101 Å². The number of rotatable bonds is 12. The Labute approximate surface area is 234 Å². The number of aryl methyl sites for hydroxylation is 3. The molecule has 0 unspecified atom stereocenters. The summed E-state index contributed by atoms with van der Waals surface area (Å²) in [6, 6.07) is 22.8. The predicted octanol–water partition coefficient (Wildman–Crippen LogP) is 6.65. The summed E-state index contributed by atoms with van der Waals surface area (Å²) >= 11 is 0. The molecule has 0 saturated heterocycles. The Hall–Kier alpha value is -3.03. The predicted molar refractivity (Wildman–Crippen MR) is 159 cm³/mol. The summed E-state index contributed by atoms with van der Waals surface area (Å²) in [5.41, 5.74) is 7.12. The molecule has 0 saturated carbocycles. The van der Waals surface area contributed by atoms with Gasteiger partial charge in [0.25, 0.3) is 0 Å². The van der Waals surface area contributed by atoms with Crippen LogP contribution in [0.5, 0.6) is 0 Å². The Morgan fingerprint density at radius 3 is 1.95 bits per heavy atom. The summed E-state index contributed by atoms with van der Waals surface area (Å²) < 4.78 is 36.9. The molecular formula is C33H40N2O3S. The molecule has 5 nitrogen and oxygen atoms in total. The lowest BCUT2D eigenvalue weighted by molar-refractivity contribution is 0.152. The fraction of sp³-hybridized carbons (Fsp3) is 0.333. The lowest BCUT2D eigenvalue weighted by atomic mass is 9.94. The second-order valence-electron chi connectivity index (χ2n) is 10.5. The fourth-order valence-electron chi connectivity index (χ4n) is 5.28. The molecule has 0 fully saturated rings. The quantitative estimate of drug-likeness (QED) is 0.198. The van der Waals surface area contributed by atoms with Crippen molar-refractivity contribution in [3.63, 3.8) is 0 Å². The third-order valence-electron chi connectivity index (χ3n) is 7.13. The van der Waals surface area contributed by atoms with Gasteiger partial charge in [-0.3, -0.25) is 0 Å². The van der Waals surface area contributed by atoms with Crippen LogP contribution in [0.3, 0.4) is 0 Å². The molecule has 3 aromatic rings. The van der Waals surface area contributed by atoms with E-state index in [-0.39, 0.29) is 6.04 Å². The van der Waals surface area contributed by atoms with Crippen molar-refractivity contribution in [2.24, 2.45) is 0 Å². The molecular weight excluding hydrogens is 504 g/mol. The highest BCUT2D eigenvalue weighted by Crippen LogP contribution is 2.32. The maximum Gasteiger partial charge on any atom is 0.241 e. The van der Waals surface area contributed by atoms with Crippen LogP contribution in [0, 0.1) is 20.8 Å². The molecule has 39 heavy (non-hydrogen) atoms. The molecule has 0 aromatic heterocycles. The molecule has 2 atom stereocenters. The maximum atomic E-state index is 13.9. The highest BCUT2D eigenvalue weighted by molar-refractivity contribution is 7.89. The van der Waals surface area contributed by atoms with Crippen LogP contribution in [0.1, 0.15) is 59.7 Å². The van der Waals surface area contributed by atoms with Crippen molar-refractivity contribution in [2.45, 2.75) is 57.5 Å². The third-order valence-corrected chi connectivity index (χ3v) is 8.88. The van der Waals surface area contributed by atoms with Gasteiger partial charge in [0.05, 0.1) is 30.2 Å². The van der Waals surface area contributed by atoms with Gasteiger partial charge in [0.1, 0.15) is 0 Å². The van der Waals surface area contributed by atoms with Crippen LogP contribution >= 0.6 is 0 Å². The third kappa shape index (κ3) is 7.76. The minimum Gasteiger partial charge on any atom is -0.376 e. The molecule has 0 aliphatic heterocycles. The molecule has 4 rings (SSSR count). The van der Waals surface area contributed by atoms with E-state index in [9.17, 15) is 8.42 Å². The zero-order chi connectivity index (χ0) is 27.8. The number of sulfonamides is 1. The second kappa shape index (κ2) is 13.4. The molecule has 0 spiro atoms. The van der Waals surface area contributed by atoms with Crippen molar-refractivity contribution >= 4 is 10.0 Å². The monoisotopic (exact) mass is 544 g/mol. The smallest absolute Gasteiger partial charge is 0.241 e. The summed E-state index contributed by atoms with van der Waals surface area (Å²) in [5, 5.41) is 3.61. The van der Waals surface area contributed by atoms with E-state index in [1.165, 1.54) is 11.1 Å². The maximum absolute atomic E-state index is 13.9. The lowest BCUT2D eigenvalue weighted by Gasteiger charge is -2.30. The van der Waals surface area contributed by atoms with Crippen molar-refractivity contribution in [3.05, 3.63) is 124 Å². The first kappa shape index (κ1) is 29.0. The molecule has 0 heterocycles. The van der Waals surface area contributed by atoms with Crippen molar-refractivity contribution < 1.29 is 13.2 Å². The molecule has 1 aliphatic rings. The number of hydrogen-bond donors (Lipinski definition) is 2. The summed E-state index contributed by atoms with van der Waals surface area (Å²) in [4.78, 5) is 0.342. The van der Waals surface area contributed by atoms with Gasteiger partial charge in [-0.05, 0) is 68.4 Å². The minimum atomic E-state index is -3.83. The molecule has 206 valence electrons. The van der Waals surface area contributed by atoms with Gasteiger partial charge < -0.3 is 10.1 Å². The number of hydrogen-bond acceptors (Lipinski definition) is 4. The van der Waals surface area contributed by atoms with E-state index in [4.69, 9.17) is 4.74 Å². The van der Waals surface area contributed by atoms with Crippen molar-refractivity contribution in [1.82, 2.24) is 10.0 Å². The number of allylic oxidation sites excluding steroid dienone is 3. The first-order valence-electron chi connectivity index (χ1n) is 13.6. The van der Waals surface area contributed by atoms with E-state index in [0.29, 0.717) is 24.7 Å². The van der Waals surface area contributed by atoms with Gasteiger partial charge in [0.15, 0.2) is 0 Å². The molecule has 1 aliphatic carbocycles. The van der Waals surface area contributed by atoms with Gasteiger partial charge in [-0.2, -0.15) is 0 Å². The molecule has 2 N–H and O–H groups in total. The van der Waals surface area contributed by atoms with Crippen molar-refractivity contribution in [1.29, 1.82) is 0 Å². The summed E-state index contributed by atoms with van der Waals surface area (Å²) in [5.74, 6) is 0. The van der Waals surface area contributed by atoms with E-state index in [1.807, 2.05) is 93.6 Å². The van der Waals surface area contributed by atoms with Crippen LogP contribution in [0.4, 0.5) is 0 Å². The van der Waals surface area contributed by atoms with Gasteiger partial charge >= 0.3 is 0 Å². The molecule has 0 amide bonds. The zero-order valence-corrected chi connectivity index (χ0v) is 24.2. The SMILES string of the molecule is CC1=CCC(COCCN[C@@H](c2ccccc2)[C@H](NS(=O)(=O)c2c(C)cc(C)cc2C)c2ccccc2)=CC1. The van der Waals surface area contributed by atoms with Gasteiger partial charge in [0, 0.05) is 6.54 Å². The topological polar surface area (TPSA) is 67.4 Å². The average Bonchev–Trinajstić information content (AvgIpc) is 2.91. The normalized spacial score (nSPS) is 15.4. The van der Waals surface area contributed by atoms with Crippen LogP contribution in [-0.2, 0) is 14.8 Å². The summed E-state index contributed by atoms with van der Waals surface area (Å²) in [6.07, 6.45) is 6.45. The van der Waals surface area contributed by atoms with E-state index in [1.54, 1.807) is 0 Å². The highest BCUT2D eigenvalue weighted by Gasteiger charge is 2.31. The fourth-order valence-corrected chi connectivity index (χ4v) is 6.97. The minimum absolute atomic E-state index is 0.308. The Morgan fingerprint density at radius 2 is 1.38 bits per heavy atom. The van der Waals surface area contributed by atoms with Gasteiger partial charge in [-0.1, -0.05) is 96.1 Å². The lowest BCUT2D eigenvalue weighted by Crippen LogP contribution is -2.40. The Morgan fingerprint density at radius 1 is 0.795 bits per heavy atom. The van der Waals surface area contributed by atoms with Gasteiger partial charge in [0.2, 0.25) is 10.0 Å². The van der Waals surface area contributed by atoms with Gasteiger partial charge in [-0.25, -0.2) is 13.1 Å². The van der Waals surface area contributed by atoms with E-state index < -0.39 is 16.1 Å². The first-order valence-corrected chi connectivity index (χ1v) is 15.1.